The van der Waals surface area contributed by atoms with Crippen molar-refractivity contribution in [1.82, 2.24) is 4.98 Å². The summed E-state index contributed by atoms with van der Waals surface area (Å²) in [6.07, 6.45) is 1.69. The molecule has 2 aliphatic rings. The van der Waals surface area contributed by atoms with Crippen molar-refractivity contribution in [2.75, 3.05) is 13.2 Å². The molecule has 1 aromatic heterocycles. The summed E-state index contributed by atoms with van der Waals surface area (Å²) in [6, 6.07) is 15.1. The summed E-state index contributed by atoms with van der Waals surface area (Å²) in [5.74, 6) is 2.12. The highest BCUT2D eigenvalue weighted by Gasteiger charge is 2.47. The molecule has 32 heavy (non-hydrogen) atoms. The van der Waals surface area contributed by atoms with Crippen molar-refractivity contribution in [3.8, 4) is 28.4 Å². The van der Waals surface area contributed by atoms with Gasteiger partial charge in [0, 0.05) is 23.4 Å². The maximum atomic E-state index is 11.5. The standard InChI is InChI=1S/C25H25N3O4/c1-24(2,3)13-30-17-6-8-21-19(11-17)25(14-31-23(26)28-25)18-10-15(4-7-20(18)32-21)16-5-9-22(29)27-12-16/h4-12H,13-14H2,1-3H3,(H2,26,28)(H,27,29)/t25-/m0/s1. The summed E-state index contributed by atoms with van der Waals surface area (Å²) in [4.78, 5) is 18.9. The Morgan fingerprint density at radius 1 is 1.06 bits per heavy atom. The van der Waals surface area contributed by atoms with Crippen LogP contribution in [0.2, 0.25) is 0 Å². The third kappa shape index (κ3) is 3.49. The lowest BCUT2D eigenvalue weighted by Crippen LogP contribution is -2.31. The Labute approximate surface area is 185 Å². The van der Waals surface area contributed by atoms with Gasteiger partial charge in [-0.1, -0.05) is 26.8 Å². The van der Waals surface area contributed by atoms with Gasteiger partial charge < -0.3 is 24.9 Å². The number of H-pyrrole nitrogens is 1. The fourth-order valence-electron chi connectivity index (χ4n) is 3.99. The monoisotopic (exact) mass is 431 g/mol. The second kappa shape index (κ2) is 7.15. The van der Waals surface area contributed by atoms with E-state index in [1.54, 1.807) is 12.3 Å². The predicted octanol–water partition coefficient (Wildman–Crippen LogP) is 4.16. The molecule has 7 nitrogen and oxygen atoms in total. The molecule has 0 fully saturated rings. The summed E-state index contributed by atoms with van der Waals surface area (Å²) in [5.41, 5.74) is 8.53. The summed E-state index contributed by atoms with van der Waals surface area (Å²) >= 11 is 0. The minimum Gasteiger partial charge on any atom is -0.493 e. The molecule has 2 aromatic carbocycles. The molecule has 0 aliphatic carbocycles. The van der Waals surface area contributed by atoms with E-state index < -0.39 is 5.54 Å². The smallest absolute Gasteiger partial charge is 0.283 e. The maximum Gasteiger partial charge on any atom is 0.283 e. The summed E-state index contributed by atoms with van der Waals surface area (Å²) in [7, 11) is 0. The quantitative estimate of drug-likeness (QED) is 0.649. The van der Waals surface area contributed by atoms with E-state index in [1.807, 2.05) is 36.4 Å². The van der Waals surface area contributed by atoms with Gasteiger partial charge in [-0.25, -0.2) is 4.99 Å². The number of aliphatic imine (C=N–C) groups is 1. The van der Waals surface area contributed by atoms with Crippen molar-refractivity contribution in [2.24, 2.45) is 16.1 Å². The molecule has 0 saturated carbocycles. The minimum absolute atomic E-state index is 0.0291. The fraction of sp³-hybridized carbons (Fsp3) is 0.280. The van der Waals surface area contributed by atoms with E-state index in [4.69, 9.17) is 24.9 Å². The number of nitrogens with one attached hydrogen (secondary N) is 1. The molecule has 0 radical (unpaired) electrons. The zero-order valence-electron chi connectivity index (χ0n) is 18.3. The maximum absolute atomic E-state index is 11.5. The first kappa shape index (κ1) is 20.2. The first-order chi connectivity index (χ1) is 15.2. The summed E-state index contributed by atoms with van der Waals surface area (Å²) < 4.78 is 17.9. The summed E-state index contributed by atoms with van der Waals surface area (Å²) in [5, 5.41) is 0. The highest BCUT2D eigenvalue weighted by Crippen LogP contribution is 2.52. The highest BCUT2D eigenvalue weighted by atomic mass is 16.5. The zero-order chi connectivity index (χ0) is 22.5. The molecule has 0 saturated heterocycles. The van der Waals surface area contributed by atoms with Crippen LogP contribution in [0.3, 0.4) is 0 Å². The Morgan fingerprint density at radius 3 is 2.44 bits per heavy atom. The van der Waals surface area contributed by atoms with Crippen LogP contribution in [0.5, 0.6) is 17.2 Å². The van der Waals surface area contributed by atoms with Gasteiger partial charge in [-0.2, -0.15) is 0 Å². The molecular weight excluding hydrogens is 406 g/mol. The molecule has 0 bridgehead atoms. The Balaban J connectivity index is 1.63. The Bertz CT molecular complexity index is 1270. The van der Waals surface area contributed by atoms with Gasteiger partial charge in [0.05, 0.1) is 6.61 Å². The number of nitrogens with zero attached hydrogens (tertiary/aromatic N) is 1. The number of nitrogens with two attached hydrogens (primary N) is 1. The van der Waals surface area contributed by atoms with Gasteiger partial charge in [0.1, 0.15) is 23.9 Å². The summed E-state index contributed by atoms with van der Waals surface area (Å²) in [6.45, 7) is 7.22. The van der Waals surface area contributed by atoms with Crippen molar-refractivity contribution in [1.29, 1.82) is 0 Å². The number of hydrogen-bond donors (Lipinski definition) is 2. The van der Waals surface area contributed by atoms with Crippen LogP contribution in [-0.4, -0.2) is 24.2 Å². The average Bonchev–Trinajstić information content (AvgIpc) is 3.15. The lowest BCUT2D eigenvalue weighted by molar-refractivity contribution is 0.197. The van der Waals surface area contributed by atoms with Crippen molar-refractivity contribution in [2.45, 2.75) is 26.3 Å². The average molecular weight is 431 g/mol. The van der Waals surface area contributed by atoms with Crippen molar-refractivity contribution in [3.05, 3.63) is 76.2 Å². The van der Waals surface area contributed by atoms with Gasteiger partial charge in [0.25, 0.3) is 6.02 Å². The number of fused-ring (bicyclic) bond motifs is 4. The molecular formula is C25H25N3O4. The SMILES string of the molecule is CC(C)(C)COc1ccc2c(c1)[C@]1(COC(N)=N1)c1cc(-c3ccc(=O)[nH]c3)ccc1O2. The second-order valence-electron chi connectivity index (χ2n) is 9.36. The molecule has 2 aliphatic heterocycles. The second-order valence-corrected chi connectivity index (χ2v) is 9.36. The van der Waals surface area contributed by atoms with Crippen LogP contribution in [0.4, 0.5) is 0 Å². The number of amidine groups is 1. The fourth-order valence-corrected chi connectivity index (χ4v) is 3.99. The van der Waals surface area contributed by atoms with Crippen LogP contribution in [0.1, 0.15) is 31.9 Å². The molecule has 0 unspecified atom stereocenters. The Kier molecular flexibility index (Phi) is 4.51. The molecule has 0 amide bonds. The van der Waals surface area contributed by atoms with Crippen LogP contribution < -0.4 is 20.8 Å². The van der Waals surface area contributed by atoms with Crippen molar-refractivity contribution < 1.29 is 14.2 Å². The first-order valence-corrected chi connectivity index (χ1v) is 10.5. The molecule has 5 rings (SSSR count). The Morgan fingerprint density at radius 2 is 1.78 bits per heavy atom. The van der Waals surface area contributed by atoms with Crippen molar-refractivity contribution in [3.63, 3.8) is 0 Å². The van der Waals surface area contributed by atoms with Crippen LogP contribution in [0.15, 0.2) is 64.5 Å². The van der Waals surface area contributed by atoms with Crippen LogP contribution in [0.25, 0.3) is 11.1 Å². The highest BCUT2D eigenvalue weighted by molar-refractivity contribution is 5.78. The van der Waals surface area contributed by atoms with Crippen LogP contribution in [-0.2, 0) is 10.3 Å². The van der Waals surface area contributed by atoms with E-state index in [9.17, 15) is 4.79 Å². The van der Waals surface area contributed by atoms with Crippen LogP contribution >= 0.6 is 0 Å². The van der Waals surface area contributed by atoms with Gasteiger partial charge in [0.15, 0.2) is 5.54 Å². The van der Waals surface area contributed by atoms with Gasteiger partial charge in [0.2, 0.25) is 5.56 Å². The number of rotatable bonds is 3. The molecule has 3 N–H and O–H groups in total. The van der Waals surface area contributed by atoms with Gasteiger partial charge in [-0.3, -0.25) is 4.79 Å². The van der Waals surface area contributed by atoms with E-state index in [2.05, 4.69) is 25.8 Å². The van der Waals surface area contributed by atoms with E-state index in [-0.39, 0.29) is 23.6 Å². The minimum atomic E-state index is -0.841. The topological polar surface area (TPSA) is 98.9 Å². The lowest BCUT2D eigenvalue weighted by atomic mass is 9.80. The van der Waals surface area contributed by atoms with Crippen molar-refractivity contribution >= 4 is 6.02 Å². The molecule has 1 spiro atoms. The number of hydrogen-bond acceptors (Lipinski definition) is 6. The van der Waals surface area contributed by atoms with E-state index >= 15 is 0 Å². The number of pyridine rings is 1. The molecule has 7 heteroatoms. The molecule has 3 heterocycles. The third-order valence-electron chi connectivity index (χ3n) is 5.56. The number of benzene rings is 2. The lowest BCUT2D eigenvalue weighted by Gasteiger charge is -2.34. The van der Waals surface area contributed by atoms with E-state index in [1.165, 1.54) is 6.07 Å². The number of ether oxygens (including phenoxy) is 3. The predicted molar refractivity (Wildman–Crippen MR) is 122 cm³/mol. The van der Waals surface area contributed by atoms with E-state index in [0.29, 0.717) is 18.1 Å². The molecule has 3 aromatic rings. The van der Waals surface area contributed by atoms with Gasteiger partial charge >= 0.3 is 0 Å². The third-order valence-corrected chi connectivity index (χ3v) is 5.56. The molecule has 164 valence electrons. The normalized spacial score (nSPS) is 18.9. The number of aromatic amines is 1. The number of aromatic nitrogens is 1. The van der Waals surface area contributed by atoms with Gasteiger partial charge in [-0.05, 0) is 52.9 Å². The first-order valence-electron chi connectivity index (χ1n) is 10.5. The van der Waals surface area contributed by atoms with Crippen LogP contribution in [0, 0.1) is 5.41 Å². The Hall–Kier alpha value is -3.74. The molecule has 1 atom stereocenters. The van der Waals surface area contributed by atoms with E-state index in [0.717, 1.165) is 28.0 Å². The van der Waals surface area contributed by atoms with Gasteiger partial charge in [-0.15, -0.1) is 0 Å². The zero-order valence-corrected chi connectivity index (χ0v) is 18.3. The largest absolute Gasteiger partial charge is 0.493 e.